The molecule has 0 radical (unpaired) electrons. The van der Waals surface area contributed by atoms with Crippen LogP contribution in [-0.2, 0) is 13.1 Å². The Balaban J connectivity index is 3.15. The highest BCUT2D eigenvalue weighted by Crippen LogP contribution is 2.28. The van der Waals surface area contributed by atoms with Crippen molar-refractivity contribution in [2.24, 2.45) is 0 Å². The van der Waals surface area contributed by atoms with Crippen LogP contribution in [0.25, 0.3) is 0 Å². The van der Waals surface area contributed by atoms with Crippen LogP contribution >= 0.6 is 22.6 Å². The first-order valence-corrected chi connectivity index (χ1v) is 5.32. The summed E-state index contributed by atoms with van der Waals surface area (Å²) in [7, 11) is 0. The van der Waals surface area contributed by atoms with E-state index in [4.69, 9.17) is 5.26 Å². The lowest BCUT2D eigenvalue weighted by molar-refractivity contribution is -0.275. The van der Waals surface area contributed by atoms with Crippen LogP contribution in [0.1, 0.15) is 11.4 Å². The van der Waals surface area contributed by atoms with Gasteiger partial charge in [-0.2, -0.15) is 5.26 Å². The molecular weight excluding hydrogens is 355 g/mol. The molecule has 0 atom stereocenters. The van der Waals surface area contributed by atoms with Crippen molar-refractivity contribution in [3.63, 3.8) is 0 Å². The van der Waals surface area contributed by atoms with Gasteiger partial charge in [0.25, 0.3) is 0 Å². The zero-order valence-electron chi connectivity index (χ0n) is 8.18. The fourth-order valence-corrected chi connectivity index (χ4v) is 1.65. The third-order valence-electron chi connectivity index (χ3n) is 1.69. The van der Waals surface area contributed by atoms with Gasteiger partial charge in [-0.05, 0) is 28.7 Å². The highest BCUT2D eigenvalue weighted by atomic mass is 127. The van der Waals surface area contributed by atoms with Crippen LogP contribution in [0.3, 0.4) is 0 Å². The molecule has 0 aliphatic heterocycles. The van der Waals surface area contributed by atoms with Crippen LogP contribution in [0, 0.1) is 14.9 Å². The molecule has 0 aliphatic carbocycles. The molecule has 0 unspecified atom stereocenters. The van der Waals surface area contributed by atoms with E-state index in [-0.39, 0.29) is 12.1 Å². The quantitative estimate of drug-likeness (QED) is 0.615. The second-order valence-electron chi connectivity index (χ2n) is 2.88. The lowest BCUT2D eigenvalue weighted by atomic mass is 10.2. The van der Waals surface area contributed by atoms with E-state index in [0.29, 0.717) is 3.57 Å². The summed E-state index contributed by atoms with van der Waals surface area (Å²) >= 11 is 1.71. The number of rotatable bonds is 3. The number of halogens is 5. The molecule has 0 saturated carbocycles. The van der Waals surface area contributed by atoms with Crippen LogP contribution in [-0.4, -0.2) is 11.3 Å². The average Bonchev–Trinajstić information content (AvgIpc) is 2.20. The summed E-state index contributed by atoms with van der Waals surface area (Å²) in [5.41, 5.74) is -0.233. The predicted molar refractivity (Wildman–Crippen MR) is 57.8 cm³/mol. The van der Waals surface area contributed by atoms with Gasteiger partial charge in [-0.25, -0.2) is 9.37 Å². The topological polar surface area (TPSA) is 45.9 Å². The number of alkyl halides is 4. The van der Waals surface area contributed by atoms with Crippen molar-refractivity contribution >= 4 is 22.6 Å². The number of aromatic nitrogens is 1. The summed E-state index contributed by atoms with van der Waals surface area (Å²) in [5, 5.41) is 8.47. The minimum absolute atomic E-state index is 0.0996. The van der Waals surface area contributed by atoms with Crippen molar-refractivity contribution < 1.29 is 22.3 Å². The fraction of sp³-hybridized carbons (Fsp3) is 0.333. The SMILES string of the molecule is N#CCc1nc(CF)c(OC(F)(F)F)cc1I. The largest absolute Gasteiger partial charge is 0.573 e. The highest BCUT2D eigenvalue weighted by Gasteiger charge is 2.32. The van der Waals surface area contributed by atoms with Crippen molar-refractivity contribution in [3.05, 3.63) is 21.0 Å². The Morgan fingerprint density at radius 1 is 1.41 bits per heavy atom. The Morgan fingerprint density at radius 2 is 2.06 bits per heavy atom. The minimum atomic E-state index is -4.90. The summed E-state index contributed by atoms with van der Waals surface area (Å²) in [6.45, 7) is -1.19. The Kier molecular flexibility index (Phi) is 4.50. The van der Waals surface area contributed by atoms with Crippen molar-refractivity contribution in [2.75, 3.05) is 0 Å². The first-order valence-electron chi connectivity index (χ1n) is 4.24. The van der Waals surface area contributed by atoms with Gasteiger partial charge in [-0.15, -0.1) is 13.2 Å². The van der Waals surface area contributed by atoms with E-state index in [1.165, 1.54) is 0 Å². The molecule has 0 saturated heterocycles. The molecule has 1 heterocycles. The summed E-state index contributed by atoms with van der Waals surface area (Å²) < 4.78 is 52.5. The van der Waals surface area contributed by atoms with E-state index in [1.807, 2.05) is 0 Å². The molecule has 0 fully saturated rings. The molecule has 0 aromatic carbocycles. The van der Waals surface area contributed by atoms with Crippen molar-refractivity contribution in [1.82, 2.24) is 4.98 Å². The maximum absolute atomic E-state index is 12.5. The van der Waals surface area contributed by atoms with Gasteiger partial charge in [-0.1, -0.05) is 0 Å². The molecule has 0 amide bonds. The molecule has 8 heteroatoms. The molecule has 17 heavy (non-hydrogen) atoms. The summed E-state index contributed by atoms with van der Waals surface area (Å²) in [4.78, 5) is 3.63. The second-order valence-corrected chi connectivity index (χ2v) is 4.04. The Hall–Kier alpha value is -1.11. The summed E-state index contributed by atoms with van der Waals surface area (Å²) in [6, 6.07) is 2.81. The standard InChI is InChI=1S/C9H5F4IN2O/c10-4-7-8(17-9(11,12)13)3-5(14)6(16-7)1-2-15/h3H,1,4H2. The van der Waals surface area contributed by atoms with Crippen LogP contribution in [0.4, 0.5) is 17.6 Å². The average molecular weight is 360 g/mol. The van der Waals surface area contributed by atoms with Crippen molar-refractivity contribution in [2.45, 2.75) is 19.5 Å². The van der Waals surface area contributed by atoms with Gasteiger partial charge in [0.15, 0.2) is 5.75 Å². The molecule has 0 aliphatic rings. The highest BCUT2D eigenvalue weighted by molar-refractivity contribution is 14.1. The first-order chi connectivity index (χ1) is 7.87. The van der Waals surface area contributed by atoms with Gasteiger partial charge in [0.05, 0.1) is 18.2 Å². The number of hydrogen-bond acceptors (Lipinski definition) is 3. The molecular formula is C9H5F4IN2O. The molecule has 92 valence electrons. The zero-order valence-corrected chi connectivity index (χ0v) is 10.3. The molecule has 0 N–H and O–H groups in total. The number of nitrogens with zero attached hydrogens (tertiary/aromatic N) is 2. The van der Waals surface area contributed by atoms with Crippen molar-refractivity contribution in [3.8, 4) is 11.8 Å². The molecule has 0 spiro atoms. The summed E-state index contributed by atoms with van der Waals surface area (Å²) in [6.07, 6.45) is -5.00. The zero-order chi connectivity index (χ0) is 13.1. The molecule has 1 rings (SSSR count). The number of pyridine rings is 1. The second kappa shape index (κ2) is 5.48. The van der Waals surface area contributed by atoms with E-state index in [2.05, 4.69) is 9.72 Å². The Labute approximate surface area is 108 Å². The number of hydrogen-bond donors (Lipinski definition) is 0. The first kappa shape index (κ1) is 14.0. The summed E-state index contributed by atoms with van der Waals surface area (Å²) in [5.74, 6) is -0.675. The molecule has 1 aromatic heterocycles. The van der Waals surface area contributed by atoms with E-state index < -0.39 is 24.5 Å². The van der Waals surface area contributed by atoms with E-state index in [1.54, 1.807) is 28.7 Å². The third-order valence-corrected chi connectivity index (χ3v) is 2.62. The van der Waals surface area contributed by atoms with Gasteiger partial charge in [0.2, 0.25) is 0 Å². The lowest BCUT2D eigenvalue weighted by Crippen LogP contribution is -2.19. The van der Waals surface area contributed by atoms with Gasteiger partial charge in [-0.3, -0.25) is 0 Å². The molecule has 3 nitrogen and oxygen atoms in total. The van der Waals surface area contributed by atoms with Crippen LogP contribution in [0.5, 0.6) is 5.75 Å². The van der Waals surface area contributed by atoms with Gasteiger partial charge < -0.3 is 4.74 Å². The smallest absolute Gasteiger partial charge is 0.404 e. The minimum Gasteiger partial charge on any atom is -0.404 e. The maximum atomic E-state index is 12.5. The fourth-order valence-electron chi connectivity index (χ4n) is 1.06. The van der Waals surface area contributed by atoms with Crippen LogP contribution in [0.15, 0.2) is 6.07 Å². The Bertz CT molecular complexity index is 456. The monoisotopic (exact) mass is 360 g/mol. The van der Waals surface area contributed by atoms with Crippen LogP contribution < -0.4 is 4.74 Å². The molecule has 0 bridgehead atoms. The lowest BCUT2D eigenvalue weighted by Gasteiger charge is -2.12. The molecule has 1 aromatic rings. The predicted octanol–water partition coefficient (Wildman–Crippen LogP) is 3.12. The number of nitriles is 1. The number of ether oxygens (including phenoxy) is 1. The third kappa shape index (κ3) is 3.99. The van der Waals surface area contributed by atoms with E-state index in [9.17, 15) is 17.6 Å². The maximum Gasteiger partial charge on any atom is 0.573 e. The van der Waals surface area contributed by atoms with Crippen LogP contribution in [0.2, 0.25) is 0 Å². The normalized spacial score (nSPS) is 11.1. The van der Waals surface area contributed by atoms with E-state index >= 15 is 0 Å². The Morgan fingerprint density at radius 3 is 2.53 bits per heavy atom. The van der Waals surface area contributed by atoms with Gasteiger partial charge in [0, 0.05) is 3.57 Å². The van der Waals surface area contributed by atoms with Gasteiger partial charge in [0.1, 0.15) is 12.4 Å². The van der Waals surface area contributed by atoms with E-state index in [0.717, 1.165) is 6.07 Å². The van der Waals surface area contributed by atoms with Crippen molar-refractivity contribution in [1.29, 1.82) is 5.26 Å². The van der Waals surface area contributed by atoms with Gasteiger partial charge >= 0.3 is 6.36 Å².